The van der Waals surface area contributed by atoms with Crippen LogP contribution in [0.4, 0.5) is 0 Å². The molecule has 0 aliphatic heterocycles. The van der Waals surface area contributed by atoms with Gasteiger partial charge < -0.3 is 9.47 Å². The summed E-state index contributed by atoms with van der Waals surface area (Å²) in [5.74, 6) is 0.195. The van der Waals surface area contributed by atoms with Crippen LogP contribution >= 0.6 is 0 Å². The quantitative estimate of drug-likeness (QED) is 0.677. The van der Waals surface area contributed by atoms with Gasteiger partial charge in [-0.25, -0.2) is 14.3 Å². The number of aromatic nitrogens is 3. The lowest BCUT2D eigenvalue weighted by Gasteiger charge is -2.06. The summed E-state index contributed by atoms with van der Waals surface area (Å²) in [6.45, 7) is 0.524. The fraction of sp³-hybridized carbons (Fsp3) is 0.235. The van der Waals surface area contributed by atoms with Crippen LogP contribution < -0.4 is 0 Å². The van der Waals surface area contributed by atoms with Gasteiger partial charge >= 0.3 is 5.97 Å². The van der Waals surface area contributed by atoms with Crippen molar-refractivity contribution in [2.45, 2.75) is 6.42 Å². The Hall–Kier alpha value is -2.73. The molecule has 0 atom stereocenters. The Balaban J connectivity index is 2.15. The van der Waals surface area contributed by atoms with Gasteiger partial charge in [-0.1, -0.05) is 30.3 Å². The molecule has 6 nitrogen and oxygen atoms in total. The topological polar surface area (TPSA) is 65.7 Å². The minimum Gasteiger partial charge on any atom is -0.465 e. The van der Waals surface area contributed by atoms with Gasteiger partial charge in [0.05, 0.1) is 13.7 Å². The lowest BCUT2D eigenvalue weighted by Crippen LogP contribution is -2.05. The van der Waals surface area contributed by atoms with Crippen LogP contribution in [0.25, 0.3) is 16.8 Å². The molecule has 118 valence electrons. The first kappa shape index (κ1) is 15.2. The van der Waals surface area contributed by atoms with Gasteiger partial charge in [-0.2, -0.15) is 5.10 Å². The number of hydrogen-bond donors (Lipinski definition) is 0. The predicted molar refractivity (Wildman–Crippen MR) is 85.3 cm³/mol. The highest BCUT2D eigenvalue weighted by atomic mass is 16.5. The summed E-state index contributed by atoms with van der Waals surface area (Å²) in [6, 6.07) is 11.6. The molecule has 23 heavy (non-hydrogen) atoms. The zero-order valence-corrected chi connectivity index (χ0v) is 13.0. The van der Waals surface area contributed by atoms with E-state index in [0.717, 1.165) is 11.1 Å². The van der Waals surface area contributed by atoms with E-state index < -0.39 is 5.97 Å². The van der Waals surface area contributed by atoms with Crippen molar-refractivity contribution in [3.63, 3.8) is 0 Å². The van der Waals surface area contributed by atoms with Gasteiger partial charge in [0.1, 0.15) is 5.56 Å². The van der Waals surface area contributed by atoms with Gasteiger partial charge in [-0.05, 0) is 11.6 Å². The van der Waals surface area contributed by atoms with Crippen molar-refractivity contribution in [3.05, 3.63) is 54.0 Å². The van der Waals surface area contributed by atoms with Crippen molar-refractivity contribution in [1.29, 1.82) is 0 Å². The van der Waals surface area contributed by atoms with Crippen LogP contribution in [0, 0.1) is 0 Å². The minimum absolute atomic E-state index is 0.394. The molecule has 2 heterocycles. The Morgan fingerprint density at radius 2 is 1.96 bits per heavy atom. The van der Waals surface area contributed by atoms with E-state index in [1.54, 1.807) is 17.7 Å². The fourth-order valence-corrected chi connectivity index (χ4v) is 2.38. The van der Waals surface area contributed by atoms with Crippen molar-refractivity contribution in [2.75, 3.05) is 20.8 Å². The molecular weight excluding hydrogens is 294 g/mol. The SMILES string of the molecule is COCCc1nc2c(C(=O)OC)cc(-c3ccccc3)cn2n1. The first-order chi connectivity index (χ1) is 11.2. The molecule has 0 bridgehead atoms. The molecule has 0 N–H and O–H groups in total. The molecule has 0 radical (unpaired) electrons. The number of rotatable bonds is 5. The molecule has 3 rings (SSSR count). The summed E-state index contributed by atoms with van der Waals surface area (Å²) in [6.07, 6.45) is 2.44. The number of nitrogens with zero attached hydrogens (tertiary/aromatic N) is 3. The van der Waals surface area contributed by atoms with E-state index in [-0.39, 0.29) is 0 Å². The summed E-state index contributed by atoms with van der Waals surface area (Å²) in [5.41, 5.74) is 2.75. The molecule has 0 aliphatic rings. The van der Waals surface area contributed by atoms with Gasteiger partial charge in [0.2, 0.25) is 0 Å². The third kappa shape index (κ3) is 3.07. The number of benzene rings is 1. The standard InChI is InChI=1S/C17H17N3O3/c1-22-9-8-15-18-16-14(17(21)23-2)10-13(11-20(16)19-15)12-6-4-3-5-7-12/h3-7,10-11H,8-9H2,1-2H3. The molecule has 0 saturated carbocycles. The summed E-state index contributed by atoms with van der Waals surface area (Å²) in [5, 5.41) is 4.43. The zero-order chi connectivity index (χ0) is 16.2. The molecule has 0 aliphatic carbocycles. The first-order valence-electron chi connectivity index (χ1n) is 7.25. The van der Waals surface area contributed by atoms with Gasteiger partial charge in [0.25, 0.3) is 0 Å². The van der Waals surface area contributed by atoms with E-state index in [2.05, 4.69) is 10.1 Å². The largest absolute Gasteiger partial charge is 0.465 e. The molecule has 2 aromatic heterocycles. The van der Waals surface area contributed by atoms with Crippen molar-refractivity contribution < 1.29 is 14.3 Å². The van der Waals surface area contributed by atoms with Crippen LogP contribution in [0.1, 0.15) is 16.2 Å². The average Bonchev–Trinajstić information content (AvgIpc) is 3.02. The molecule has 0 saturated heterocycles. The van der Waals surface area contributed by atoms with Gasteiger partial charge in [0.15, 0.2) is 11.5 Å². The third-order valence-electron chi connectivity index (χ3n) is 3.52. The molecule has 0 amide bonds. The van der Waals surface area contributed by atoms with Crippen LogP contribution in [-0.2, 0) is 15.9 Å². The van der Waals surface area contributed by atoms with Crippen molar-refractivity contribution >= 4 is 11.6 Å². The van der Waals surface area contributed by atoms with Crippen LogP contribution in [0.5, 0.6) is 0 Å². The van der Waals surface area contributed by atoms with E-state index in [4.69, 9.17) is 9.47 Å². The van der Waals surface area contributed by atoms with E-state index in [0.29, 0.717) is 30.1 Å². The predicted octanol–water partition coefficient (Wildman–Crippen LogP) is 2.37. The fourth-order valence-electron chi connectivity index (χ4n) is 2.38. The molecular formula is C17H17N3O3. The third-order valence-corrected chi connectivity index (χ3v) is 3.52. The Labute approximate surface area is 133 Å². The number of pyridine rings is 1. The van der Waals surface area contributed by atoms with Crippen molar-refractivity contribution in [3.8, 4) is 11.1 Å². The number of fused-ring (bicyclic) bond motifs is 1. The second-order valence-corrected chi connectivity index (χ2v) is 5.04. The summed E-state index contributed by atoms with van der Waals surface area (Å²) >= 11 is 0. The van der Waals surface area contributed by atoms with Gasteiger partial charge in [-0.15, -0.1) is 0 Å². The van der Waals surface area contributed by atoms with E-state index in [1.807, 2.05) is 36.5 Å². The molecule has 6 heteroatoms. The second kappa shape index (κ2) is 6.58. The lowest BCUT2D eigenvalue weighted by molar-refractivity contribution is 0.0602. The molecule has 1 aromatic carbocycles. The highest BCUT2D eigenvalue weighted by Crippen LogP contribution is 2.23. The Bertz CT molecular complexity index is 828. The maximum Gasteiger partial charge on any atom is 0.341 e. The van der Waals surface area contributed by atoms with Crippen LogP contribution in [0.3, 0.4) is 0 Å². The van der Waals surface area contributed by atoms with Crippen molar-refractivity contribution in [2.24, 2.45) is 0 Å². The number of carbonyl (C=O) groups excluding carboxylic acids is 1. The van der Waals surface area contributed by atoms with E-state index >= 15 is 0 Å². The monoisotopic (exact) mass is 311 g/mol. The smallest absolute Gasteiger partial charge is 0.341 e. The number of esters is 1. The number of hydrogen-bond acceptors (Lipinski definition) is 5. The number of ether oxygens (including phenoxy) is 2. The minimum atomic E-state index is -0.432. The lowest BCUT2D eigenvalue weighted by atomic mass is 10.1. The number of methoxy groups -OCH3 is 2. The summed E-state index contributed by atoms with van der Waals surface area (Å²) in [4.78, 5) is 16.5. The van der Waals surface area contributed by atoms with Gasteiger partial charge in [-0.3, -0.25) is 0 Å². The maximum absolute atomic E-state index is 12.1. The summed E-state index contributed by atoms with van der Waals surface area (Å²) in [7, 11) is 2.99. The molecule has 0 spiro atoms. The summed E-state index contributed by atoms with van der Waals surface area (Å²) < 4.78 is 11.6. The van der Waals surface area contributed by atoms with Crippen LogP contribution in [0.2, 0.25) is 0 Å². The maximum atomic E-state index is 12.1. The Morgan fingerprint density at radius 1 is 1.17 bits per heavy atom. The van der Waals surface area contributed by atoms with Gasteiger partial charge in [0, 0.05) is 25.3 Å². The Kier molecular flexibility index (Phi) is 4.34. The van der Waals surface area contributed by atoms with E-state index in [1.165, 1.54) is 7.11 Å². The second-order valence-electron chi connectivity index (χ2n) is 5.04. The zero-order valence-electron chi connectivity index (χ0n) is 13.0. The normalized spacial score (nSPS) is 10.9. The van der Waals surface area contributed by atoms with Crippen LogP contribution in [0.15, 0.2) is 42.6 Å². The van der Waals surface area contributed by atoms with E-state index in [9.17, 15) is 4.79 Å². The first-order valence-corrected chi connectivity index (χ1v) is 7.25. The Morgan fingerprint density at radius 3 is 2.65 bits per heavy atom. The highest BCUT2D eigenvalue weighted by molar-refractivity contribution is 5.97. The molecule has 0 fully saturated rings. The molecule has 0 unspecified atom stereocenters. The van der Waals surface area contributed by atoms with Crippen LogP contribution in [-0.4, -0.2) is 41.4 Å². The number of carbonyl (C=O) groups is 1. The highest BCUT2D eigenvalue weighted by Gasteiger charge is 2.17. The average molecular weight is 311 g/mol. The van der Waals surface area contributed by atoms with Crippen molar-refractivity contribution in [1.82, 2.24) is 14.6 Å². The molecule has 3 aromatic rings.